The maximum atomic E-state index is 12.3. The molecule has 4 aromatic rings. The molecule has 0 atom stereocenters. The Morgan fingerprint density at radius 2 is 1.03 bits per heavy atom. The van der Waals surface area contributed by atoms with Gasteiger partial charge in [0.05, 0.1) is 6.42 Å². The van der Waals surface area contributed by atoms with Gasteiger partial charge in [0, 0.05) is 11.1 Å². The van der Waals surface area contributed by atoms with Crippen LogP contribution in [0.3, 0.4) is 0 Å². The Morgan fingerprint density at radius 3 is 1.48 bits per heavy atom. The Labute approximate surface area is 179 Å². The quantitative estimate of drug-likeness (QED) is 0.319. The first kappa shape index (κ1) is 20.1. The third-order valence-corrected chi connectivity index (χ3v) is 5.12. The summed E-state index contributed by atoms with van der Waals surface area (Å²) < 4.78 is 0. The van der Waals surface area contributed by atoms with Crippen LogP contribution in [0.25, 0.3) is 33.7 Å². The second-order valence-electron chi connectivity index (χ2n) is 7.22. The monoisotopic (exact) mass is 408 g/mol. The van der Waals surface area contributed by atoms with Crippen LogP contribution in [0.15, 0.2) is 84.9 Å². The summed E-state index contributed by atoms with van der Waals surface area (Å²) in [6, 6.07) is 21.9. The van der Waals surface area contributed by atoms with E-state index in [-0.39, 0.29) is 29.5 Å². The Bertz CT molecular complexity index is 1260. The number of hydrogen-bond donors (Lipinski definition) is 2. The van der Waals surface area contributed by atoms with E-state index >= 15 is 0 Å². The van der Waals surface area contributed by atoms with Gasteiger partial charge in [0.1, 0.15) is 11.5 Å². The highest BCUT2D eigenvalue weighted by Crippen LogP contribution is 2.29. The predicted octanol–water partition coefficient (Wildman–Crippen LogP) is 5.66. The average molecular weight is 408 g/mol. The van der Waals surface area contributed by atoms with E-state index in [2.05, 4.69) is 0 Å². The molecule has 4 nitrogen and oxygen atoms in total. The molecule has 0 saturated carbocycles. The van der Waals surface area contributed by atoms with E-state index in [1.165, 1.54) is 24.3 Å². The first-order chi connectivity index (χ1) is 15.0. The molecule has 0 fully saturated rings. The smallest absolute Gasteiger partial charge is 0.163 e. The highest BCUT2D eigenvalue weighted by molar-refractivity contribution is 6.12. The number of carbonyl (C=O) groups excluding carboxylic acids is 2. The average Bonchev–Trinajstić information content (AvgIpc) is 2.77. The zero-order valence-electron chi connectivity index (χ0n) is 16.7. The summed E-state index contributed by atoms with van der Waals surface area (Å²) in [5.74, 6) is -0.603. The summed E-state index contributed by atoms with van der Waals surface area (Å²) in [5.41, 5.74) is 1.07. The van der Waals surface area contributed by atoms with Crippen molar-refractivity contribution in [1.29, 1.82) is 0 Å². The van der Waals surface area contributed by atoms with Crippen LogP contribution >= 0.6 is 0 Å². The predicted molar refractivity (Wildman–Crippen MR) is 124 cm³/mol. The Balaban J connectivity index is 1.50. The zero-order chi connectivity index (χ0) is 21.8. The molecule has 0 unspecified atom stereocenters. The minimum atomic E-state index is -0.371. The van der Waals surface area contributed by atoms with Crippen LogP contribution in [0.2, 0.25) is 0 Å². The number of allylic oxidation sites excluding steroid dienone is 2. The zero-order valence-corrected chi connectivity index (χ0v) is 16.7. The normalized spacial score (nSPS) is 11.6. The van der Waals surface area contributed by atoms with Gasteiger partial charge in [0.2, 0.25) is 0 Å². The maximum Gasteiger partial charge on any atom is 0.163 e. The lowest BCUT2D eigenvalue weighted by Crippen LogP contribution is -2.02. The highest BCUT2D eigenvalue weighted by atomic mass is 16.3. The Kier molecular flexibility index (Phi) is 5.63. The number of rotatable bonds is 6. The number of carbonyl (C=O) groups is 2. The van der Waals surface area contributed by atoms with Crippen LogP contribution < -0.4 is 0 Å². The fourth-order valence-corrected chi connectivity index (χ4v) is 3.56. The van der Waals surface area contributed by atoms with Crippen LogP contribution in [0.4, 0.5) is 0 Å². The summed E-state index contributed by atoms with van der Waals surface area (Å²) in [4.78, 5) is 24.6. The largest absolute Gasteiger partial charge is 0.507 e. The van der Waals surface area contributed by atoms with Crippen molar-refractivity contribution in [2.45, 2.75) is 6.42 Å². The molecule has 2 N–H and O–H groups in total. The van der Waals surface area contributed by atoms with E-state index in [0.29, 0.717) is 11.1 Å². The molecule has 4 rings (SSSR count). The van der Waals surface area contributed by atoms with Gasteiger partial charge in [-0.05, 0) is 58.0 Å². The standard InChI is InChI=1S/C27H20O4/c28-20(11-13-24-22-7-3-1-5-18(22)9-15-26(24)30)17-21(29)12-14-25-23-8-4-2-6-19(23)10-16-27(25)31/h1-16,30-31H,17H2/b13-11+,14-12+. The van der Waals surface area contributed by atoms with Crippen LogP contribution in [0.1, 0.15) is 17.5 Å². The molecule has 152 valence electrons. The summed E-state index contributed by atoms with van der Waals surface area (Å²) in [6.45, 7) is 0. The summed E-state index contributed by atoms with van der Waals surface area (Å²) >= 11 is 0. The topological polar surface area (TPSA) is 74.6 Å². The Morgan fingerprint density at radius 1 is 0.613 bits per heavy atom. The van der Waals surface area contributed by atoms with E-state index in [9.17, 15) is 19.8 Å². The Hall–Kier alpha value is -4.18. The minimum absolute atomic E-state index is 0.0698. The molecule has 31 heavy (non-hydrogen) atoms. The van der Waals surface area contributed by atoms with E-state index in [0.717, 1.165) is 21.5 Å². The number of phenolic OH excluding ortho intramolecular Hbond substituents is 2. The number of phenols is 2. The third kappa shape index (κ3) is 4.38. The van der Waals surface area contributed by atoms with E-state index < -0.39 is 0 Å². The molecule has 0 saturated heterocycles. The van der Waals surface area contributed by atoms with Gasteiger partial charge >= 0.3 is 0 Å². The SMILES string of the molecule is O=C(/C=C/c1c(O)ccc2ccccc12)CC(=O)/C=C/c1c(O)ccc2ccccc12. The molecule has 0 aliphatic carbocycles. The molecule has 0 aliphatic rings. The first-order valence-electron chi connectivity index (χ1n) is 9.86. The van der Waals surface area contributed by atoms with E-state index in [1.54, 1.807) is 24.3 Å². The van der Waals surface area contributed by atoms with Crippen LogP contribution in [0, 0.1) is 0 Å². The minimum Gasteiger partial charge on any atom is -0.507 e. The fraction of sp³-hybridized carbons (Fsp3) is 0.0370. The first-order valence-corrected chi connectivity index (χ1v) is 9.86. The van der Waals surface area contributed by atoms with Crippen molar-refractivity contribution in [3.8, 4) is 11.5 Å². The van der Waals surface area contributed by atoms with Gasteiger partial charge in [-0.2, -0.15) is 0 Å². The molecule has 0 aliphatic heterocycles. The van der Waals surface area contributed by atoms with Crippen molar-refractivity contribution in [3.63, 3.8) is 0 Å². The summed E-state index contributed by atoms with van der Waals surface area (Å²) in [6.07, 6.45) is 5.39. The summed E-state index contributed by atoms with van der Waals surface area (Å²) in [7, 11) is 0. The van der Waals surface area contributed by atoms with Gasteiger partial charge in [0.25, 0.3) is 0 Å². The second-order valence-corrected chi connectivity index (χ2v) is 7.22. The maximum absolute atomic E-state index is 12.3. The van der Waals surface area contributed by atoms with Crippen molar-refractivity contribution < 1.29 is 19.8 Å². The van der Waals surface area contributed by atoms with Crippen molar-refractivity contribution in [1.82, 2.24) is 0 Å². The van der Waals surface area contributed by atoms with Gasteiger partial charge < -0.3 is 10.2 Å². The lowest BCUT2D eigenvalue weighted by atomic mass is 10.0. The van der Waals surface area contributed by atoms with Gasteiger partial charge in [-0.15, -0.1) is 0 Å². The lowest BCUT2D eigenvalue weighted by Gasteiger charge is -2.05. The number of fused-ring (bicyclic) bond motifs is 2. The van der Waals surface area contributed by atoms with Gasteiger partial charge in [-0.3, -0.25) is 9.59 Å². The molecule has 0 aromatic heterocycles. The molecule has 0 spiro atoms. The molecular formula is C27H20O4. The molecule has 0 heterocycles. The number of ketones is 2. The fourth-order valence-electron chi connectivity index (χ4n) is 3.56. The van der Waals surface area contributed by atoms with Crippen LogP contribution in [0.5, 0.6) is 11.5 Å². The lowest BCUT2D eigenvalue weighted by molar-refractivity contribution is -0.121. The second kappa shape index (κ2) is 8.67. The third-order valence-electron chi connectivity index (χ3n) is 5.12. The van der Waals surface area contributed by atoms with Gasteiger partial charge in [0.15, 0.2) is 11.6 Å². The van der Waals surface area contributed by atoms with Crippen LogP contribution in [-0.4, -0.2) is 21.8 Å². The van der Waals surface area contributed by atoms with E-state index in [1.807, 2.05) is 48.5 Å². The molecule has 0 radical (unpaired) electrons. The van der Waals surface area contributed by atoms with E-state index in [4.69, 9.17) is 0 Å². The van der Waals surface area contributed by atoms with Gasteiger partial charge in [-0.25, -0.2) is 0 Å². The van der Waals surface area contributed by atoms with Crippen molar-refractivity contribution in [2.75, 3.05) is 0 Å². The van der Waals surface area contributed by atoms with Crippen molar-refractivity contribution >= 4 is 45.3 Å². The number of aromatic hydroxyl groups is 2. The molecular weight excluding hydrogens is 388 g/mol. The molecule has 4 aromatic carbocycles. The van der Waals surface area contributed by atoms with Crippen molar-refractivity contribution in [3.05, 3.63) is 96.1 Å². The molecule has 4 heteroatoms. The number of hydrogen-bond acceptors (Lipinski definition) is 4. The van der Waals surface area contributed by atoms with Crippen LogP contribution in [-0.2, 0) is 9.59 Å². The van der Waals surface area contributed by atoms with Gasteiger partial charge in [-0.1, -0.05) is 60.7 Å². The summed E-state index contributed by atoms with van der Waals surface area (Å²) in [5, 5.41) is 23.9. The number of benzene rings is 4. The van der Waals surface area contributed by atoms with Crippen molar-refractivity contribution in [2.24, 2.45) is 0 Å². The molecule has 0 bridgehead atoms. The molecule has 0 amide bonds. The highest BCUT2D eigenvalue weighted by Gasteiger charge is 2.08.